The molecule has 2 aromatic rings. The molecule has 1 N–H and O–H groups in total. The maximum atomic E-state index is 12.3. The number of rotatable bonds is 6. The topological polar surface area (TPSA) is 55.4 Å². The molecule has 4 heteroatoms. The van der Waals surface area contributed by atoms with Gasteiger partial charge in [0.2, 0.25) is 5.91 Å². The van der Waals surface area contributed by atoms with Crippen molar-refractivity contribution in [1.29, 1.82) is 0 Å². The van der Waals surface area contributed by atoms with Crippen LogP contribution in [0.15, 0.2) is 42.5 Å². The number of aryl methyl sites for hydroxylation is 2. The van der Waals surface area contributed by atoms with Gasteiger partial charge in [0.05, 0.1) is 7.11 Å². The van der Waals surface area contributed by atoms with E-state index >= 15 is 0 Å². The first-order valence-electron chi connectivity index (χ1n) is 11.4. The normalized spacial score (nSPS) is 17.8. The molecule has 0 radical (unpaired) electrons. The zero-order valence-corrected chi connectivity index (χ0v) is 19.7. The molecule has 0 atom stereocenters. The minimum Gasteiger partial charge on any atom is -0.496 e. The Morgan fingerprint density at radius 2 is 1.71 bits per heavy atom. The summed E-state index contributed by atoms with van der Waals surface area (Å²) in [7, 11) is 1.65. The van der Waals surface area contributed by atoms with Crippen molar-refractivity contribution in [2.75, 3.05) is 12.4 Å². The highest BCUT2D eigenvalue weighted by Gasteiger charge is 2.25. The second-order valence-corrected chi connectivity index (χ2v) is 8.37. The summed E-state index contributed by atoms with van der Waals surface area (Å²) in [6.45, 7) is 7.90. The van der Waals surface area contributed by atoms with E-state index < -0.39 is 0 Å². The van der Waals surface area contributed by atoms with Crippen LogP contribution >= 0.6 is 0 Å². The van der Waals surface area contributed by atoms with Crippen LogP contribution in [0.5, 0.6) is 5.75 Å². The molecular weight excluding hydrogens is 386 g/mol. The highest BCUT2D eigenvalue weighted by Crippen LogP contribution is 2.31. The third-order valence-electron chi connectivity index (χ3n) is 6.25. The molecule has 1 aliphatic rings. The number of nitrogens with one attached hydrogen (secondary N) is 1. The van der Waals surface area contributed by atoms with Gasteiger partial charge in [0, 0.05) is 23.2 Å². The number of Topliss-reactive ketones (excluding diaryl/α,β-unsaturated/α-hetero) is 1. The minimum atomic E-state index is 0.155. The average molecular weight is 424 g/mol. The molecular formula is C27H37NO3. The summed E-state index contributed by atoms with van der Waals surface area (Å²) in [4.78, 5) is 23.3. The minimum absolute atomic E-state index is 0.155. The molecule has 0 aliphatic heterocycles. The number of ketones is 1. The fourth-order valence-electron chi connectivity index (χ4n) is 4.15. The molecule has 0 bridgehead atoms. The number of carbonyl (C=O) groups excluding carboxylic acids is 2. The van der Waals surface area contributed by atoms with Crippen LogP contribution in [0.25, 0.3) is 0 Å². The third kappa shape index (κ3) is 7.23. The molecule has 0 aromatic heterocycles. The van der Waals surface area contributed by atoms with Crippen molar-refractivity contribution >= 4 is 17.4 Å². The first-order valence-corrected chi connectivity index (χ1v) is 11.4. The van der Waals surface area contributed by atoms with Gasteiger partial charge >= 0.3 is 0 Å². The van der Waals surface area contributed by atoms with E-state index in [-0.39, 0.29) is 17.6 Å². The molecule has 2 aromatic carbocycles. The van der Waals surface area contributed by atoms with E-state index in [1.807, 2.05) is 49.4 Å². The summed E-state index contributed by atoms with van der Waals surface area (Å²) in [6.07, 6.45) is 6.58. The summed E-state index contributed by atoms with van der Waals surface area (Å²) in [5.41, 5.74) is 3.90. The molecule has 1 saturated carbocycles. The summed E-state index contributed by atoms with van der Waals surface area (Å²) in [5, 5.41) is 3.03. The Balaban J connectivity index is 0.000000262. The number of ether oxygens (including phenoxy) is 1. The quantitative estimate of drug-likeness (QED) is 0.532. The second kappa shape index (κ2) is 12.3. The van der Waals surface area contributed by atoms with Crippen LogP contribution in [0.4, 0.5) is 5.69 Å². The third-order valence-corrected chi connectivity index (χ3v) is 6.25. The van der Waals surface area contributed by atoms with Gasteiger partial charge in [0.25, 0.3) is 0 Å². The number of amides is 1. The number of anilines is 1. The lowest BCUT2D eigenvalue weighted by atomic mass is 9.80. The van der Waals surface area contributed by atoms with Crippen molar-refractivity contribution in [2.24, 2.45) is 11.8 Å². The summed E-state index contributed by atoms with van der Waals surface area (Å²) in [6, 6.07) is 13.5. The molecule has 31 heavy (non-hydrogen) atoms. The van der Waals surface area contributed by atoms with Gasteiger partial charge in [-0.1, -0.05) is 50.6 Å². The predicted molar refractivity (Wildman–Crippen MR) is 128 cm³/mol. The Bertz CT molecular complexity index is 867. The zero-order valence-electron chi connectivity index (χ0n) is 19.7. The van der Waals surface area contributed by atoms with E-state index in [2.05, 4.69) is 19.2 Å². The van der Waals surface area contributed by atoms with E-state index in [4.69, 9.17) is 4.74 Å². The Morgan fingerprint density at radius 3 is 2.26 bits per heavy atom. The van der Waals surface area contributed by atoms with Crippen LogP contribution in [0.2, 0.25) is 0 Å². The fraction of sp³-hybridized carbons (Fsp3) is 0.481. The van der Waals surface area contributed by atoms with Gasteiger partial charge in [-0.05, 0) is 69.1 Å². The van der Waals surface area contributed by atoms with E-state index in [1.165, 1.54) is 19.3 Å². The molecule has 0 unspecified atom stereocenters. The first kappa shape index (κ1) is 24.6. The lowest BCUT2D eigenvalue weighted by molar-refractivity contribution is -0.121. The van der Waals surface area contributed by atoms with Gasteiger partial charge in [0.1, 0.15) is 5.75 Å². The van der Waals surface area contributed by atoms with Crippen LogP contribution in [-0.2, 0) is 11.2 Å². The van der Waals surface area contributed by atoms with Crippen LogP contribution in [0.3, 0.4) is 0 Å². The molecule has 0 saturated heterocycles. The van der Waals surface area contributed by atoms with Gasteiger partial charge < -0.3 is 10.1 Å². The number of hydrogen-bond donors (Lipinski definition) is 1. The summed E-state index contributed by atoms with van der Waals surface area (Å²) < 4.78 is 5.29. The maximum Gasteiger partial charge on any atom is 0.227 e. The fourth-order valence-corrected chi connectivity index (χ4v) is 4.15. The predicted octanol–water partition coefficient (Wildman–Crippen LogP) is 6.61. The second-order valence-electron chi connectivity index (χ2n) is 8.37. The molecule has 4 nitrogen and oxygen atoms in total. The Morgan fingerprint density at radius 1 is 1.03 bits per heavy atom. The monoisotopic (exact) mass is 423 g/mol. The van der Waals surface area contributed by atoms with Crippen molar-refractivity contribution in [1.82, 2.24) is 0 Å². The molecule has 1 fully saturated rings. The number of benzene rings is 2. The van der Waals surface area contributed by atoms with Crippen molar-refractivity contribution in [3.05, 3.63) is 59.2 Å². The standard InChI is InChI=1S/C17H25NO2.C10H12O/c1-4-13-6-8-14(9-7-13)17(19)18-15-10-5-12(2)16(11-15)20-3;1-3-9-6-4-5-7-10(9)8(2)11/h5,10-11,13-14H,4,6-9H2,1-3H3,(H,18,19);4-7H,3H2,1-2H3. The molecule has 0 spiro atoms. The lowest BCUT2D eigenvalue weighted by Gasteiger charge is -2.27. The summed E-state index contributed by atoms with van der Waals surface area (Å²) >= 11 is 0. The van der Waals surface area contributed by atoms with Gasteiger partial charge in [-0.25, -0.2) is 0 Å². The van der Waals surface area contributed by atoms with Gasteiger partial charge in [-0.15, -0.1) is 0 Å². The van der Waals surface area contributed by atoms with E-state index in [0.717, 1.165) is 53.3 Å². The molecule has 1 aliphatic carbocycles. The number of carbonyl (C=O) groups is 2. The maximum absolute atomic E-state index is 12.3. The SMILES string of the molecule is CCC1CCC(C(=O)Nc2ccc(C)c(OC)c2)CC1.CCc1ccccc1C(C)=O. The molecule has 0 heterocycles. The first-order chi connectivity index (χ1) is 14.9. The van der Waals surface area contributed by atoms with Crippen LogP contribution in [0.1, 0.15) is 74.4 Å². The van der Waals surface area contributed by atoms with Crippen molar-refractivity contribution in [3.8, 4) is 5.75 Å². The van der Waals surface area contributed by atoms with Gasteiger partial charge in [0.15, 0.2) is 5.78 Å². The average Bonchev–Trinajstić information content (AvgIpc) is 2.80. The number of methoxy groups -OCH3 is 1. The smallest absolute Gasteiger partial charge is 0.227 e. The highest BCUT2D eigenvalue weighted by atomic mass is 16.5. The van der Waals surface area contributed by atoms with Crippen LogP contribution in [-0.4, -0.2) is 18.8 Å². The lowest BCUT2D eigenvalue weighted by Crippen LogP contribution is -2.27. The largest absolute Gasteiger partial charge is 0.496 e. The summed E-state index contributed by atoms with van der Waals surface area (Å²) in [5.74, 6) is 2.12. The van der Waals surface area contributed by atoms with E-state index in [1.54, 1.807) is 14.0 Å². The highest BCUT2D eigenvalue weighted by molar-refractivity contribution is 5.95. The van der Waals surface area contributed by atoms with Crippen molar-refractivity contribution in [2.45, 2.75) is 66.2 Å². The van der Waals surface area contributed by atoms with Crippen LogP contribution < -0.4 is 10.1 Å². The van der Waals surface area contributed by atoms with Gasteiger partial charge in [-0.2, -0.15) is 0 Å². The van der Waals surface area contributed by atoms with Gasteiger partial charge in [-0.3, -0.25) is 9.59 Å². The van der Waals surface area contributed by atoms with Crippen molar-refractivity contribution < 1.29 is 14.3 Å². The van der Waals surface area contributed by atoms with E-state index in [9.17, 15) is 9.59 Å². The molecule has 3 rings (SSSR count). The van der Waals surface area contributed by atoms with Crippen molar-refractivity contribution in [3.63, 3.8) is 0 Å². The zero-order chi connectivity index (χ0) is 22.8. The molecule has 1 amide bonds. The number of hydrogen-bond acceptors (Lipinski definition) is 3. The van der Waals surface area contributed by atoms with Crippen LogP contribution in [0, 0.1) is 18.8 Å². The van der Waals surface area contributed by atoms with E-state index in [0.29, 0.717) is 0 Å². The molecule has 168 valence electrons. The Labute approximate surface area is 187 Å². The Hall–Kier alpha value is -2.62. The Kier molecular flexibility index (Phi) is 9.77.